The van der Waals surface area contributed by atoms with Crippen molar-refractivity contribution in [2.75, 3.05) is 11.1 Å². The van der Waals surface area contributed by atoms with Crippen LogP contribution < -0.4 is 11.1 Å². The van der Waals surface area contributed by atoms with Gasteiger partial charge in [0.15, 0.2) is 0 Å². The molecule has 2 heterocycles. The highest BCUT2D eigenvalue weighted by molar-refractivity contribution is 5.56. The lowest BCUT2D eigenvalue weighted by Gasteiger charge is -2.06. The van der Waals surface area contributed by atoms with Crippen LogP contribution in [0.1, 0.15) is 11.5 Å². The van der Waals surface area contributed by atoms with Crippen molar-refractivity contribution >= 4 is 17.5 Å². The number of nitrogens with zero attached hydrogens (tertiary/aromatic N) is 5. The summed E-state index contributed by atoms with van der Waals surface area (Å²) in [4.78, 5) is 25.8. The van der Waals surface area contributed by atoms with Gasteiger partial charge in [-0.05, 0) is 13.0 Å². The quantitative estimate of drug-likeness (QED) is 0.606. The van der Waals surface area contributed by atoms with Crippen LogP contribution in [0.15, 0.2) is 18.5 Å². The van der Waals surface area contributed by atoms with E-state index in [1.165, 1.54) is 0 Å². The number of anilines is 2. The van der Waals surface area contributed by atoms with Crippen LogP contribution in [-0.4, -0.2) is 24.9 Å². The van der Waals surface area contributed by atoms with Gasteiger partial charge in [0.1, 0.15) is 12.0 Å². The van der Waals surface area contributed by atoms with Gasteiger partial charge in [0.2, 0.25) is 11.8 Å². The Morgan fingerprint density at radius 2 is 2.21 bits per heavy atom. The lowest BCUT2D eigenvalue weighted by molar-refractivity contribution is -0.384. The van der Waals surface area contributed by atoms with Crippen LogP contribution in [0.25, 0.3) is 0 Å². The Kier molecular flexibility index (Phi) is 3.46. The lowest BCUT2D eigenvalue weighted by Crippen LogP contribution is -2.08. The number of hydrogen-bond donors (Lipinski definition) is 2. The van der Waals surface area contributed by atoms with Crippen LogP contribution >= 0.6 is 0 Å². The number of nitrogen functional groups attached to an aromatic ring is 1. The Labute approximate surface area is 108 Å². The molecule has 0 saturated carbocycles. The first-order valence-corrected chi connectivity index (χ1v) is 5.35. The first kappa shape index (κ1) is 12.6. The summed E-state index contributed by atoms with van der Waals surface area (Å²) in [6, 6.07) is 1.70. The second-order valence-corrected chi connectivity index (χ2v) is 3.67. The molecule has 0 radical (unpaired) electrons. The summed E-state index contributed by atoms with van der Waals surface area (Å²) >= 11 is 0. The van der Waals surface area contributed by atoms with E-state index in [4.69, 9.17) is 5.73 Å². The van der Waals surface area contributed by atoms with Crippen molar-refractivity contribution in [3.63, 3.8) is 0 Å². The van der Waals surface area contributed by atoms with Crippen molar-refractivity contribution in [2.24, 2.45) is 0 Å². The van der Waals surface area contributed by atoms with Gasteiger partial charge in [-0.1, -0.05) is 0 Å². The van der Waals surface area contributed by atoms with Crippen molar-refractivity contribution in [2.45, 2.75) is 13.5 Å². The molecule has 0 saturated heterocycles. The predicted octanol–water partition coefficient (Wildman–Crippen LogP) is 0.678. The molecule has 0 bridgehead atoms. The molecule has 9 nitrogen and oxygen atoms in total. The van der Waals surface area contributed by atoms with E-state index in [2.05, 4.69) is 25.3 Å². The van der Waals surface area contributed by atoms with Gasteiger partial charge in [-0.25, -0.2) is 15.0 Å². The van der Waals surface area contributed by atoms with Gasteiger partial charge >= 0.3 is 5.69 Å². The summed E-state index contributed by atoms with van der Waals surface area (Å²) in [6.07, 6.45) is 2.68. The number of nitrogens with two attached hydrogens (primary N) is 1. The van der Waals surface area contributed by atoms with Crippen molar-refractivity contribution in [1.82, 2.24) is 19.9 Å². The molecule has 98 valence electrons. The van der Waals surface area contributed by atoms with Crippen LogP contribution in [0.5, 0.6) is 0 Å². The summed E-state index contributed by atoms with van der Waals surface area (Å²) in [5.74, 6) is 0.650. The van der Waals surface area contributed by atoms with Crippen LogP contribution in [0.3, 0.4) is 0 Å². The number of aromatic nitrogens is 4. The second kappa shape index (κ2) is 5.21. The molecule has 2 aromatic rings. The van der Waals surface area contributed by atoms with E-state index in [1.54, 1.807) is 19.2 Å². The molecule has 9 heteroatoms. The van der Waals surface area contributed by atoms with Gasteiger partial charge in [0.05, 0.1) is 17.2 Å². The normalized spacial score (nSPS) is 10.2. The van der Waals surface area contributed by atoms with E-state index in [-0.39, 0.29) is 24.0 Å². The molecule has 19 heavy (non-hydrogen) atoms. The van der Waals surface area contributed by atoms with Crippen LogP contribution in [0, 0.1) is 17.0 Å². The largest absolute Gasteiger partial charge is 0.368 e. The highest BCUT2D eigenvalue weighted by Gasteiger charge is 2.16. The van der Waals surface area contributed by atoms with Gasteiger partial charge in [-0.2, -0.15) is 4.98 Å². The molecule has 0 fully saturated rings. The van der Waals surface area contributed by atoms with E-state index in [0.717, 1.165) is 6.20 Å². The monoisotopic (exact) mass is 261 g/mol. The number of aryl methyl sites for hydroxylation is 1. The average Bonchev–Trinajstić information content (AvgIpc) is 2.36. The molecule has 0 aliphatic carbocycles. The lowest BCUT2D eigenvalue weighted by atomic mass is 10.4. The van der Waals surface area contributed by atoms with Gasteiger partial charge in [0.25, 0.3) is 0 Å². The van der Waals surface area contributed by atoms with E-state index in [1.807, 2.05) is 0 Å². The fourth-order valence-electron chi connectivity index (χ4n) is 1.43. The van der Waals surface area contributed by atoms with Crippen molar-refractivity contribution in [3.05, 3.63) is 40.1 Å². The zero-order valence-electron chi connectivity index (χ0n) is 10.1. The van der Waals surface area contributed by atoms with E-state index in [0.29, 0.717) is 11.5 Å². The molecule has 2 aromatic heterocycles. The third-order valence-corrected chi connectivity index (χ3v) is 2.26. The molecular weight excluding hydrogens is 250 g/mol. The maximum Gasteiger partial charge on any atom is 0.329 e. The standard InChI is InChI=1S/C10H11N7O2/c1-6-12-3-2-7(15-6)4-13-9-8(17(18)19)5-14-10(11)16-9/h2-3,5H,4H2,1H3,(H3,11,13,14,16). The Bertz CT molecular complexity index is 617. The van der Waals surface area contributed by atoms with E-state index < -0.39 is 4.92 Å². The van der Waals surface area contributed by atoms with Gasteiger partial charge in [-0.15, -0.1) is 0 Å². The molecule has 0 unspecified atom stereocenters. The van der Waals surface area contributed by atoms with Crippen LogP contribution in [0.4, 0.5) is 17.5 Å². The maximum atomic E-state index is 10.8. The highest BCUT2D eigenvalue weighted by Crippen LogP contribution is 2.21. The highest BCUT2D eigenvalue weighted by atomic mass is 16.6. The number of rotatable bonds is 4. The van der Waals surface area contributed by atoms with Gasteiger partial charge in [-0.3, -0.25) is 10.1 Å². The van der Waals surface area contributed by atoms with Gasteiger partial charge < -0.3 is 11.1 Å². The third kappa shape index (κ3) is 3.09. The predicted molar refractivity (Wildman–Crippen MR) is 67.2 cm³/mol. The van der Waals surface area contributed by atoms with Crippen LogP contribution in [0.2, 0.25) is 0 Å². The Hall–Kier alpha value is -2.84. The first-order valence-electron chi connectivity index (χ1n) is 5.35. The number of nitro groups is 1. The summed E-state index contributed by atoms with van der Waals surface area (Å²) in [7, 11) is 0. The smallest absolute Gasteiger partial charge is 0.329 e. The van der Waals surface area contributed by atoms with E-state index >= 15 is 0 Å². The molecule has 0 amide bonds. The molecule has 0 aliphatic rings. The minimum Gasteiger partial charge on any atom is -0.368 e. The van der Waals surface area contributed by atoms with Crippen LogP contribution in [-0.2, 0) is 6.54 Å². The Balaban J connectivity index is 2.19. The fraction of sp³-hybridized carbons (Fsp3) is 0.200. The third-order valence-electron chi connectivity index (χ3n) is 2.26. The SMILES string of the molecule is Cc1nccc(CNc2nc(N)ncc2[N+](=O)[O-])n1. The number of hydrogen-bond acceptors (Lipinski definition) is 8. The zero-order valence-corrected chi connectivity index (χ0v) is 10.1. The molecule has 0 aliphatic heterocycles. The molecule has 0 aromatic carbocycles. The number of nitrogens with one attached hydrogen (secondary N) is 1. The second-order valence-electron chi connectivity index (χ2n) is 3.67. The minimum atomic E-state index is -0.576. The topological polar surface area (TPSA) is 133 Å². The van der Waals surface area contributed by atoms with Crippen molar-refractivity contribution < 1.29 is 4.92 Å². The maximum absolute atomic E-state index is 10.8. The van der Waals surface area contributed by atoms with E-state index in [9.17, 15) is 10.1 Å². The zero-order chi connectivity index (χ0) is 13.8. The Morgan fingerprint density at radius 3 is 2.89 bits per heavy atom. The van der Waals surface area contributed by atoms with Gasteiger partial charge in [0, 0.05) is 6.20 Å². The molecule has 3 N–H and O–H groups in total. The van der Waals surface area contributed by atoms with Crippen molar-refractivity contribution in [3.8, 4) is 0 Å². The molecular formula is C10H11N7O2. The van der Waals surface area contributed by atoms with Crippen molar-refractivity contribution in [1.29, 1.82) is 0 Å². The molecule has 0 spiro atoms. The summed E-state index contributed by atoms with van der Waals surface area (Å²) in [5.41, 5.74) is 5.87. The fourth-order valence-corrected chi connectivity index (χ4v) is 1.43. The molecule has 2 rings (SSSR count). The molecule has 0 atom stereocenters. The summed E-state index contributed by atoms with van der Waals surface area (Å²) in [5, 5.41) is 13.6. The first-order chi connectivity index (χ1) is 9.06. The summed E-state index contributed by atoms with van der Waals surface area (Å²) < 4.78 is 0. The minimum absolute atomic E-state index is 0.0352. The Morgan fingerprint density at radius 1 is 1.42 bits per heavy atom. The summed E-state index contributed by atoms with van der Waals surface area (Å²) in [6.45, 7) is 2.04. The average molecular weight is 261 g/mol.